The average molecular weight is 481 g/mol. The summed E-state index contributed by atoms with van der Waals surface area (Å²) in [6.45, 7) is 6.73. The SMILES string of the molecule is CCCCCCCc1c(OC(=O)O)ccc(-c2ccccc2CCCCC)c1CCCCCCC. The molecule has 0 aromatic heterocycles. The minimum absolute atomic E-state index is 0.531. The fraction of sp³-hybridized carbons (Fsp3) is 0.594. The molecule has 0 radical (unpaired) electrons. The van der Waals surface area contributed by atoms with Gasteiger partial charge in [-0.15, -0.1) is 0 Å². The fourth-order valence-electron chi connectivity index (χ4n) is 5.05. The van der Waals surface area contributed by atoms with Gasteiger partial charge in [0.25, 0.3) is 0 Å². The maximum atomic E-state index is 11.5. The predicted octanol–water partition coefficient (Wildman–Crippen LogP) is 10.2. The monoisotopic (exact) mass is 480 g/mol. The summed E-state index contributed by atoms with van der Waals surface area (Å²) in [4.78, 5) is 11.5. The second-order valence-corrected chi connectivity index (χ2v) is 9.88. The second-order valence-electron chi connectivity index (χ2n) is 9.88. The second kappa shape index (κ2) is 17.2. The Hall–Kier alpha value is -2.29. The lowest BCUT2D eigenvalue weighted by Gasteiger charge is -2.20. The number of benzene rings is 2. The van der Waals surface area contributed by atoms with Crippen LogP contribution in [0.2, 0.25) is 0 Å². The van der Waals surface area contributed by atoms with Gasteiger partial charge in [-0.3, -0.25) is 0 Å². The van der Waals surface area contributed by atoms with E-state index in [9.17, 15) is 9.90 Å². The van der Waals surface area contributed by atoms with Gasteiger partial charge in [0.1, 0.15) is 5.75 Å². The van der Waals surface area contributed by atoms with Gasteiger partial charge >= 0.3 is 6.16 Å². The molecule has 0 aliphatic rings. The summed E-state index contributed by atoms with van der Waals surface area (Å²) in [5, 5.41) is 9.43. The van der Waals surface area contributed by atoms with Crippen molar-refractivity contribution < 1.29 is 14.6 Å². The molecule has 0 bridgehead atoms. The fourth-order valence-corrected chi connectivity index (χ4v) is 5.05. The molecular weight excluding hydrogens is 432 g/mol. The van der Waals surface area contributed by atoms with Crippen molar-refractivity contribution in [2.24, 2.45) is 0 Å². The quantitative estimate of drug-likeness (QED) is 0.131. The van der Waals surface area contributed by atoms with Crippen LogP contribution in [0, 0.1) is 0 Å². The van der Waals surface area contributed by atoms with Crippen LogP contribution >= 0.6 is 0 Å². The zero-order valence-electron chi connectivity index (χ0n) is 22.5. The van der Waals surface area contributed by atoms with Crippen molar-refractivity contribution in [3.8, 4) is 16.9 Å². The van der Waals surface area contributed by atoms with Crippen LogP contribution in [0.5, 0.6) is 5.75 Å². The Morgan fingerprint density at radius 2 is 1.17 bits per heavy atom. The topological polar surface area (TPSA) is 46.5 Å². The van der Waals surface area contributed by atoms with Crippen molar-refractivity contribution >= 4 is 6.16 Å². The van der Waals surface area contributed by atoms with Gasteiger partial charge in [0.05, 0.1) is 0 Å². The van der Waals surface area contributed by atoms with Gasteiger partial charge in [-0.05, 0) is 72.4 Å². The lowest BCUT2D eigenvalue weighted by atomic mass is 9.86. The first-order chi connectivity index (χ1) is 17.1. The third-order valence-electron chi connectivity index (χ3n) is 7.00. The standard InChI is InChI=1S/C32H48O3/c1-4-7-10-12-15-22-28-29(27-21-18-17-20-26(27)19-14-9-6-3)24-25-31(35-32(33)34)30(28)23-16-13-11-8-5-2/h17-18,20-21,24-25H,4-16,19,22-23H2,1-3H3,(H,33,34). The Balaban J connectivity index is 2.45. The van der Waals surface area contributed by atoms with E-state index in [1.165, 1.54) is 92.9 Å². The Morgan fingerprint density at radius 3 is 1.80 bits per heavy atom. The lowest BCUT2D eigenvalue weighted by Crippen LogP contribution is -2.09. The highest BCUT2D eigenvalue weighted by Gasteiger charge is 2.19. The zero-order chi connectivity index (χ0) is 25.3. The molecular formula is C32H48O3. The minimum atomic E-state index is -1.22. The predicted molar refractivity (Wildman–Crippen MR) is 149 cm³/mol. The molecule has 0 fully saturated rings. The van der Waals surface area contributed by atoms with Crippen LogP contribution in [0.1, 0.15) is 121 Å². The number of carbonyl (C=O) groups is 1. The van der Waals surface area contributed by atoms with E-state index in [-0.39, 0.29) is 0 Å². The lowest BCUT2D eigenvalue weighted by molar-refractivity contribution is 0.144. The number of rotatable bonds is 18. The summed E-state index contributed by atoms with van der Waals surface area (Å²) >= 11 is 0. The largest absolute Gasteiger partial charge is 0.511 e. The van der Waals surface area contributed by atoms with E-state index in [1.54, 1.807) is 0 Å². The van der Waals surface area contributed by atoms with Crippen LogP contribution in [-0.2, 0) is 19.3 Å². The van der Waals surface area contributed by atoms with Gasteiger partial charge in [-0.25, -0.2) is 4.79 Å². The number of carboxylic acid groups (broad SMARTS) is 1. The number of unbranched alkanes of at least 4 members (excludes halogenated alkanes) is 10. The molecule has 194 valence electrons. The third kappa shape index (κ3) is 10.1. The summed E-state index contributed by atoms with van der Waals surface area (Å²) in [5.74, 6) is 0.531. The number of hydrogen-bond acceptors (Lipinski definition) is 2. The molecule has 2 rings (SSSR count). The van der Waals surface area contributed by atoms with Crippen LogP contribution in [0.4, 0.5) is 4.79 Å². The molecule has 35 heavy (non-hydrogen) atoms. The van der Waals surface area contributed by atoms with Crippen molar-refractivity contribution in [1.29, 1.82) is 0 Å². The van der Waals surface area contributed by atoms with E-state index in [4.69, 9.17) is 4.74 Å². The number of aryl methyl sites for hydroxylation is 1. The highest BCUT2D eigenvalue weighted by Crippen LogP contribution is 2.37. The number of hydrogen-bond donors (Lipinski definition) is 1. The van der Waals surface area contributed by atoms with Gasteiger partial charge < -0.3 is 9.84 Å². The molecule has 0 saturated carbocycles. The minimum Gasteiger partial charge on any atom is -0.449 e. The van der Waals surface area contributed by atoms with E-state index in [0.29, 0.717) is 5.75 Å². The van der Waals surface area contributed by atoms with Gasteiger partial charge in [0, 0.05) is 0 Å². The van der Waals surface area contributed by atoms with Gasteiger partial charge in [0.2, 0.25) is 0 Å². The molecule has 2 aromatic rings. The first-order valence-corrected chi connectivity index (χ1v) is 14.3. The van der Waals surface area contributed by atoms with Crippen LogP contribution in [-0.4, -0.2) is 11.3 Å². The van der Waals surface area contributed by atoms with Crippen LogP contribution in [0.3, 0.4) is 0 Å². The Kier molecular flexibility index (Phi) is 14.2. The Bertz CT molecular complexity index is 871. The highest BCUT2D eigenvalue weighted by molar-refractivity contribution is 5.74. The summed E-state index contributed by atoms with van der Waals surface area (Å²) in [6.07, 6.45) is 17.4. The van der Waals surface area contributed by atoms with Crippen molar-refractivity contribution in [2.75, 3.05) is 0 Å². The number of ether oxygens (including phenoxy) is 1. The normalized spacial score (nSPS) is 11.1. The summed E-state index contributed by atoms with van der Waals surface area (Å²) in [5.41, 5.74) is 6.39. The molecule has 0 heterocycles. The van der Waals surface area contributed by atoms with Gasteiger partial charge in [0.15, 0.2) is 0 Å². The summed E-state index contributed by atoms with van der Waals surface area (Å²) in [6, 6.07) is 12.8. The zero-order valence-corrected chi connectivity index (χ0v) is 22.5. The molecule has 3 heteroatoms. The highest BCUT2D eigenvalue weighted by atomic mass is 16.7. The van der Waals surface area contributed by atoms with E-state index < -0.39 is 6.16 Å². The molecule has 0 saturated heterocycles. The van der Waals surface area contributed by atoms with Gasteiger partial charge in [-0.2, -0.15) is 0 Å². The molecule has 0 unspecified atom stereocenters. The Morgan fingerprint density at radius 1 is 0.629 bits per heavy atom. The van der Waals surface area contributed by atoms with Gasteiger partial charge in [-0.1, -0.05) is 115 Å². The molecule has 0 amide bonds. The maximum Gasteiger partial charge on any atom is 0.511 e. The molecule has 0 aliphatic carbocycles. The van der Waals surface area contributed by atoms with E-state index in [0.717, 1.165) is 37.7 Å². The van der Waals surface area contributed by atoms with Crippen LogP contribution < -0.4 is 4.74 Å². The van der Waals surface area contributed by atoms with E-state index in [2.05, 4.69) is 51.1 Å². The smallest absolute Gasteiger partial charge is 0.449 e. The summed E-state index contributed by atoms with van der Waals surface area (Å²) in [7, 11) is 0. The maximum absolute atomic E-state index is 11.5. The van der Waals surface area contributed by atoms with Crippen molar-refractivity contribution in [2.45, 2.75) is 124 Å². The van der Waals surface area contributed by atoms with Crippen LogP contribution in [0.15, 0.2) is 36.4 Å². The Labute approximate surface area is 214 Å². The van der Waals surface area contributed by atoms with Crippen LogP contribution in [0.25, 0.3) is 11.1 Å². The molecule has 0 atom stereocenters. The van der Waals surface area contributed by atoms with E-state index in [1.807, 2.05) is 6.07 Å². The molecule has 0 aliphatic heterocycles. The first-order valence-electron chi connectivity index (χ1n) is 14.3. The first kappa shape index (κ1) is 28.9. The molecule has 3 nitrogen and oxygen atoms in total. The average Bonchev–Trinajstić information content (AvgIpc) is 2.85. The molecule has 1 N–H and O–H groups in total. The molecule has 2 aromatic carbocycles. The molecule has 0 spiro atoms. The van der Waals surface area contributed by atoms with E-state index >= 15 is 0 Å². The van der Waals surface area contributed by atoms with Crippen molar-refractivity contribution in [1.82, 2.24) is 0 Å². The van der Waals surface area contributed by atoms with Crippen molar-refractivity contribution in [3.05, 3.63) is 53.1 Å². The third-order valence-corrected chi connectivity index (χ3v) is 7.00. The summed E-state index contributed by atoms with van der Waals surface area (Å²) < 4.78 is 5.33. The van der Waals surface area contributed by atoms with Crippen molar-refractivity contribution in [3.63, 3.8) is 0 Å².